The fourth-order valence-electron chi connectivity index (χ4n) is 2.39. The largest absolute Gasteiger partial charge is 0.513 e. The predicted octanol–water partition coefficient (Wildman–Crippen LogP) is 5.28. The second-order valence-electron chi connectivity index (χ2n) is 5.32. The van der Waals surface area contributed by atoms with Gasteiger partial charge in [-0.05, 0) is 64.8 Å². The molecule has 0 unspecified atom stereocenters. The first-order valence-corrected chi connectivity index (χ1v) is 9.05. The Morgan fingerprint density at radius 1 is 1.12 bits per heavy atom. The van der Waals surface area contributed by atoms with E-state index in [1.54, 1.807) is 12.1 Å². The highest BCUT2D eigenvalue weighted by Gasteiger charge is 2.15. The highest BCUT2D eigenvalue weighted by atomic mass is 127. The molecule has 0 aromatic heterocycles. The lowest BCUT2D eigenvalue weighted by Crippen LogP contribution is -2.11. The summed E-state index contributed by atoms with van der Waals surface area (Å²) in [6.07, 6.45) is 0.572. The molecule has 4 nitrogen and oxygen atoms in total. The topological polar surface area (TPSA) is 44.8 Å². The van der Waals surface area contributed by atoms with Crippen LogP contribution in [0.3, 0.4) is 0 Å². The number of carbonyl (C=O) groups is 1. The van der Waals surface area contributed by atoms with Crippen LogP contribution in [0.5, 0.6) is 11.5 Å². The average Bonchev–Trinajstić information content (AvgIpc) is 2.61. The molecule has 0 radical (unpaired) electrons. The van der Waals surface area contributed by atoms with E-state index < -0.39 is 6.16 Å². The molecule has 2 aromatic rings. The quantitative estimate of drug-likeness (QED) is 0.336. The van der Waals surface area contributed by atoms with Crippen molar-refractivity contribution in [2.75, 3.05) is 7.11 Å². The van der Waals surface area contributed by atoms with E-state index in [0.717, 1.165) is 15.6 Å². The van der Waals surface area contributed by atoms with Crippen LogP contribution in [-0.2, 0) is 24.2 Å². The Kier molecular flexibility index (Phi) is 7.04. The van der Waals surface area contributed by atoms with Crippen molar-refractivity contribution >= 4 is 28.7 Å². The normalized spacial score (nSPS) is 10.4. The fourth-order valence-corrected chi connectivity index (χ4v) is 3.02. The van der Waals surface area contributed by atoms with Crippen LogP contribution >= 0.6 is 22.6 Å². The van der Waals surface area contributed by atoms with Gasteiger partial charge in [0.2, 0.25) is 0 Å². The van der Waals surface area contributed by atoms with Gasteiger partial charge in [0, 0.05) is 15.2 Å². The summed E-state index contributed by atoms with van der Waals surface area (Å²) in [5.74, 6) is 0.590. The monoisotopic (exact) mass is 458 g/mol. The van der Waals surface area contributed by atoms with Crippen molar-refractivity contribution in [1.29, 1.82) is 0 Å². The molecule has 2 rings (SSSR count). The minimum absolute atomic E-state index is 0.156. The van der Waals surface area contributed by atoms with E-state index in [1.165, 1.54) is 13.2 Å². The van der Waals surface area contributed by atoms with Crippen molar-refractivity contribution in [1.82, 2.24) is 0 Å². The molecule has 0 amide bonds. The number of ether oxygens (including phenoxy) is 3. The summed E-state index contributed by atoms with van der Waals surface area (Å²) in [6, 6.07) is 8.59. The van der Waals surface area contributed by atoms with E-state index in [-0.39, 0.29) is 12.4 Å². The molecule has 0 heterocycles. The van der Waals surface area contributed by atoms with E-state index in [2.05, 4.69) is 27.3 Å². The standard InChI is InChI=1S/C19H20FIO4/c1-4-12-9-13(5-2)18(10-15(12)20)24-11-14-16(21)7-6-8-17(14)25-19(22)23-3/h6-10H,4-5,11H2,1-3H3. The van der Waals surface area contributed by atoms with Crippen LogP contribution < -0.4 is 9.47 Å². The molecule has 2 aromatic carbocycles. The Morgan fingerprint density at radius 3 is 2.48 bits per heavy atom. The molecule has 0 aliphatic rings. The van der Waals surface area contributed by atoms with Crippen LogP contribution in [-0.4, -0.2) is 13.3 Å². The summed E-state index contributed by atoms with van der Waals surface area (Å²) in [6.45, 7) is 4.07. The first-order valence-electron chi connectivity index (χ1n) is 7.97. The van der Waals surface area contributed by atoms with E-state index >= 15 is 0 Å². The molecule has 6 heteroatoms. The number of carbonyl (C=O) groups excluding carboxylic acids is 1. The zero-order valence-corrected chi connectivity index (χ0v) is 16.6. The van der Waals surface area contributed by atoms with Gasteiger partial charge in [-0.2, -0.15) is 0 Å². The van der Waals surface area contributed by atoms with Gasteiger partial charge < -0.3 is 14.2 Å². The highest BCUT2D eigenvalue weighted by molar-refractivity contribution is 14.1. The Hall–Kier alpha value is -1.83. The van der Waals surface area contributed by atoms with Crippen LogP contribution in [0, 0.1) is 9.39 Å². The molecule has 0 saturated carbocycles. The zero-order valence-electron chi connectivity index (χ0n) is 14.4. The molecule has 0 spiro atoms. The highest BCUT2D eigenvalue weighted by Crippen LogP contribution is 2.29. The van der Waals surface area contributed by atoms with Gasteiger partial charge >= 0.3 is 6.16 Å². The van der Waals surface area contributed by atoms with Crippen LogP contribution in [0.25, 0.3) is 0 Å². The second-order valence-corrected chi connectivity index (χ2v) is 6.48. The first-order chi connectivity index (χ1) is 12.0. The molecular weight excluding hydrogens is 438 g/mol. The molecule has 0 fully saturated rings. The molecular formula is C19H20FIO4. The van der Waals surface area contributed by atoms with Gasteiger partial charge in [0.05, 0.1) is 7.11 Å². The van der Waals surface area contributed by atoms with Gasteiger partial charge in [0.25, 0.3) is 0 Å². The third-order valence-electron chi connectivity index (χ3n) is 3.80. The third kappa shape index (κ3) is 4.84. The van der Waals surface area contributed by atoms with Crippen LogP contribution in [0.2, 0.25) is 0 Å². The number of rotatable bonds is 6. The van der Waals surface area contributed by atoms with Crippen molar-refractivity contribution in [2.24, 2.45) is 0 Å². The summed E-state index contributed by atoms with van der Waals surface area (Å²) in [7, 11) is 1.25. The lowest BCUT2D eigenvalue weighted by molar-refractivity contribution is 0.120. The van der Waals surface area contributed by atoms with Gasteiger partial charge in [-0.3, -0.25) is 0 Å². The second kappa shape index (κ2) is 9.03. The van der Waals surface area contributed by atoms with Gasteiger partial charge in [0.15, 0.2) is 0 Å². The van der Waals surface area contributed by atoms with Gasteiger partial charge in [-0.1, -0.05) is 19.9 Å². The van der Waals surface area contributed by atoms with E-state index in [4.69, 9.17) is 9.47 Å². The Morgan fingerprint density at radius 2 is 1.84 bits per heavy atom. The number of aryl methyl sites for hydroxylation is 2. The average molecular weight is 458 g/mol. The Balaban J connectivity index is 2.27. The zero-order chi connectivity index (χ0) is 18.4. The van der Waals surface area contributed by atoms with E-state index in [0.29, 0.717) is 29.0 Å². The van der Waals surface area contributed by atoms with Crippen molar-refractivity contribution < 1.29 is 23.4 Å². The molecule has 0 aliphatic carbocycles. The van der Waals surface area contributed by atoms with Crippen LogP contribution in [0.1, 0.15) is 30.5 Å². The van der Waals surface area contributed by atoms with Gasteiger partial charge in [0.1, 0.15) is 23.9 Å². The van der Waals surface area contributed by atoms with Gasteiger partial charge in [-0.15, -0.1) is 0 Å². The maximum Gasteiger partial charge on any atom is 0.513 e. The summed E-state index contributed by atoms with van der Waals surface area (Å²) >= 11 is 2.14. The van der Waals surface area contributed by atoms with Crippen molar-refractivity contribution in [3.8, 4) is 11.5 Å². The lowest BCUT2D eigenvalue weighted by Gasteiger charge is -2.15. The number of halogens is 2. The minimum atomic E-state index is -0.796. The minimum Gasteiger partial charge on any atom is -0.488 e. The molecule has 0 atom stereocenters. The van der Waals surface area contributed by atoms with Crippen molar-refractivity contribution in [3.05, 3.63) is 56.4 Å². The number of hydrogen-bond donors (Lipinski definition) is 0. The fraction of sp³-hybridized carbons (Fsp3) is 0.316. The Bertz CT molecular complexity index is 761. The summed E-state index contributed by atoms with van der Waals surface area (Å²) in [4.78, 5) is 11.4. The molecule has 0 saturated heterocycles. The smallest absolute Gasteiger partial charge is 0.488 e. The lowest BCUT2D eigenvalue weighted by atomic mass is 10.1. The Labute approximate surface area is 160 Å². The van der Waals surface area contributed by atoms with Crippen LogP contribution in [0.4, 0.5) is 9.18 Å². The molecule has 134 valence electrons. The van der Waals surface area contributed by atoms with Crippen molar-refractivity contribution in [2.45, 2.75) is 33.3 Å². The van der Waals surface area contributed by atoms with Crippen LogP contribution in [0.15, 0.2) is 30.3 Å². The first kappa shape index (κ1) is 19.5. The molecule has 0 N–H and O–H groups in total. The molecule has 25 heavy (non-hydrogen) atoms. The number of benzene rings is 2. The molecule has 0 aliphatic heterocycles. The summed E-state index contributed by atoms with van der Waals surface area (Å²) in [5, 5.41) is 0. The number of hydrogen-bond acceptors (Lipinski definition) is 4. The molecule has 0 bridgehead atoms. The summed E-state index contributed by atoms with van der Waals surface area (Å²) in [5.41, 5.74) is 2.32. The summed E-state index contributed by atoms with van der Waals surface area (Å²) < 4.78 is 30.5. The third-order valence-corrected chi connectivity index (χ3v) is 4.81. The van der Waals surface area contributed by atoms with Gasteiger partial charge in [-0.25, -0.2) is 9.18 Å². The SMILES string of the molecule is CCc1cc(CC)c(OCc2c(I)cccc2OC(=O)OC)cc1F. The van der Waals surface area contributed by atoms with E-state index in [9.17, 15) is 9.18 Å². The maximum absolute atomic E-state index is 14.1. The van der Waals surface area contributed by atoms with Crippen molar-refractivity contribution in [3.63, 3.8) is 0 Å². The maximum atomic E-state index is 14.1. The number of methoxy groups -OCH3 is 1. The predicted molar refractivity (Wildman–Crippen MR) is 102 cm³/mol. The van der Waals surface area contributed by atoms with E-state index in [1.807, 2.05) is 26.0 Å².